The Morgan fingerprint density at radius 2 is 1.00 bits per heavy atom. The molecule has 8 nitrogen and oxygen atoms in total. The molecule has 0 saturated heterocycles. The minimum Gasteiger partial charge on any atom is -0.258 e. The molecule has 0 spiro atoms. The normalized spacial score (nSPS) is 12.6. The maximum absolute atomic E-state index is 12.7. The van der Waals surface area contributed by atoms with Gasteiger partial charge in [0, 0.05) is 12.1 Å². The summed E-state index contributed by atoms with van der Waals surface area (Å²) in [6, 6.07) is 0.604. The summed E-state index contributed by atoms with van der Waals surface area (Å²) in [6.07, 6.45) is -10.1. The maximum atomic E-state index is 12.7. The smallest absolute Gasteiger partial charge is 0.258 e. The first-order chi connectivity index (χ1) is 13.1. The Morgan fingerprint density at radius 3 is 1.24 bits per heavy atom. The lowest BCUT2D eigenvalue weighted by molar-refractivity contribution is -0.388. The lowest BCUT2D eigenvalue weighted by Gasteiger charge is -2.11. The third-order valence-corrected chi connectivity index (χ3v) is 5.39. The van der Waals surface area contributed by atoms with Crippen molar-refractivity contribution in [3.63, 3.8) is 0 Å². The number of nitro benzene ring substituents is 2. The van der Waals surface area contributed by atoms with E-state index < -0.39 is 64.3 Å². The summed E-state index contributed by atoms with van der Waals surface area (Å²) in [5.41, 5.74) is -6.22. The Balaban J connectivity index is 2.80. The molecular weight excluding hydrogens is 438 g/mol. The molecule has 2 rings (SSSR count). The number of benzene rings is 2. The molecule has 0 radical (unpaired) electrons. The van der Waals surface area contributed by atoms with Crippen LogP contribution < -0.4 is 0 Å². The van der Waals surface area contributed by atoms with E-state index in [4.69, 9.17) is 0 Å². The van der Waals surface area contributed by atoms with E-state index in [0.717, 1.165) is 0 Å². The van der Waals surface area contributed by atoms with Crippen LogP contribution in [0.25, 0.3) is 0 Å². The number of sulfone groups is 1. The van der Waals surface area contributed by atoms with E-state index in [1.807, 2.05) is 0 Å². The molecule has 0 aliphatic carbocycles. The summed E-state index contributed by atoms with van der Waals surface area (Å²) >= 11 is 0. The zero-order valence-electron chi connectivity index (χ0n) is 13.5. The highest BCUT2D eigenvalue weighted by atomic mass is 32.2. The van der Waals surface area contributed by atoms with Crippen molar-refractivity contribution in [3.8, 4) is 0 Å². The summed E-state index contributed by atoms with van der Waals surface area (Å²) in [6.45, 7) is 0. The average molecular weight is 444 g/mol. The summed E-state index contributed by atoms with van der Waals surface area (Å²) in [7, 11) is -5.23. The topological polar surface area (TPSA) is 120 Å². The van der Waals surface area contributed by atoms with Gasteiger partial charge in [-0.05, 0) is 24.3 Å². The van der Waals surface area contributed by atoms with Crippen LogP contribution in [0.5, 0.6) is 0 Å². The zero-order valence-corrected chi connectivity index (χ0v) is 14.3. The molecule has 0 aliphatic heterocycles. The van der Waals surface area contributed by atoms with Gasteiger partial charge in [-0.25, -0.2) is 8.42 Å². The number of hydrogen-bond acceptors (Lipinski definition) is 6. The van der Waals surface area contributed by atoms with E-state index in [2.05, 4.69) is 0 Å². The molecule has 0 amide bonds. The number of alkyl halides is 6. The Morgan fingerprint density at radius 1 is 0.690 bits per heavy atom. The minimum absolute atomic E-state index is 0.0944. The lowest BCUT2D eigenvalue weighted by Crippen LogP contribution is -2.12. The van der Waals surface area contributed by atoms with Crippen molar-refractivity contribution in [1.82, 2.24) is 0 Å². The molecule has 156 valence electrons. The van der Waals surface area contributed by atoms with Crippen LogP contribution in [0.3, 0.4) is 0 Å². The summed E-state index contributed by atoms with van der Waals surface area (Å²) in [5.74, 6) is 0. The predicted molar refractivity (Wildman–Crippen MR) is 81.6 cm³/mol. The van der Waals surface area contributed by atoms with E-state index in [1.165, 1.54) is 0 Å². The van der Waals surface area contributed by atoms with E-state index in [9.17, 15) is 55.0 Å². The van der Waals surface area contributed by atoms with Gasteiger partial charge in [0.1, 0.15) is 9.79 Å². The molecule has 0 bridgehead atoms. The van der Waals surface area contributed by atoms with Crippen molar-refractivity contribution < 1.29 is 44.6 Å². The number of nitrogens with zero attached hydrogens (tertiary/aromatic N) is 2. The predicted octanol–water partition coefficient (Wildman–Crippen LogP) is 4.37. The Bertz CT molecular complexity index is 1030. The standard InChI is InChI=1S/C14H6F6N2O6S/c15-13(16,17)7-1-3-11(9(5-7)21(23)24)29(27,28)12-4-2-8(14(18,19)20)6-10(12)22(25)26/h1-6H. The van der Waals surface area contributed by atoms with Gasteiger partial charge in [0.15, 0.2) is 0 Å². The van der Waals surface area contributed by atoms with Gasteiger partial charge in [0.25, 0.3) is 11.4 Å². The third kappa shape index (κ3) is 4.28. The SMILES string of the molecule is O=[N+]([O-])c1cc(C(F)(F)F)ccc1S(=O)(=O)c1ccc(C(F)(F)F)cc1[N+](=O)[O-]. The number of hydrogen-bond donors (Lipinski definition) is 0. The van der Waals surface area contributed by atoms with Crippen LogP contribution in [0.1, 0.15) is 11.1 Å². The van der Waals surface area contributed by atoms with Crippen LogP contribution in [-0.4, -0.2) is 18.3 Å². The molecular formula is C14H6F6N2O6S. The number of nitro groups is 2. The molecule has 0 N–H and O–H groups in total. The first kappa shape index (κ1) is 22.1. The van der Waals surface area contributed by atoms with Gasteiger partial charge < -0.3 is 0 Å². The molecule has 29 heavy (non-hydrogen) atoms. The van der Waals surface area contributed by atoms with Crippen molar-refractivity contribution in [2.45, 2.75) is 22.1 Å². The van der Waals surface area contributed by atoms with E-state index in [1.54, 1.807) is 0 Å². The summed E-state index contributed by atoms with van der Waals surface area (Å²) in [4.78, 5) is 16.5. The summed E-state index contributed by atoms with van der Waals surface area (Å²) in [5, 5.41) is 22.1. The third-order valence-electron chi connectivity index (χ3n) is 3.54. The highest BCUT2D eigenvalue weighted by molar-refractivity contribution is 7.91. The molecule has 2 aromatic rings. The average Bonchev–Trinajstić information content (AvgIpc) is 2.58. The first-order valence-corrected chi connectivity index (χ1v) is 8.51. The molecule has 0 heterocycles. The lowest BCUT2D eigenvalue weighted by atomic mass is 10.2. The second-order valence-electron chi connectivity index (χ2n) is 5.38. The van der Waals surface area contributed by atoms with E-state index in [0.29, 0.717) is 0 Å². The van der Waals surface area contributed by atoms with Crippen LogP contribution in [0.4, 0.5) is 37.7 Å². The van der Waals surface area contributed by atoms with Crippen LogP contribution in [0.15, 0.2) is 46.2 Å². The second kappa shape index (κ2) is 6.98. The number of halogens is 6. The number of rotatable bonds is 4. The minimum atomic E-state index is -5.23. The summed E-state index contributed by atoms with van der Waals surface area (Å²) < 4.78 is 102. The van der Waals surface area contributed by atoms with Crippen LogP contribution in [-0.2, 0) is 22.2 Å². The van der Waals surface area contributed by atoms with Gasteiger partial charge in [-0.2, -0.15) is 26.3 Å². The fourth-order valence-electron chi connectivity index (χ4n) is 2.25. The maximum Gasteiger partial charge on any atom is 0.416 e. The Hall–Kier alpha value is -3.23. The van der Waals surface area contributed by atoms with Crippen molar-refractivity contribution in [2.24, 2.45) is 0 Å². The van der Waals surface area contributed by atoms with Crippen molar-refractivity contribution in [3.05, 3.63) is 67.8 Å². The largest absolute Gasteiger partial charge is 0.416 e. The monoisotopic (exact) mass is 444 g/mol. The quantitative estimate of drug-likeness (QED) is 0.392. The Kier molecular flexibility index (Phi) is 5.31. The molecule has 0 aromatic heterocycles. The molecule has 15 heteroatoms. The molecule has 0 unspecified atom stereocenters. The molecule has 0 fully saturated rings. The molecule has 0 saturated carbocycles. The van der Waals surface area contributed by atoms with Gasteiger partial charge in [-0.15, -0.1) is 0 Å². The highest BCUT2D eigenvalue weighted by Crippen LogP contribution is 2.40. The fourth-order valence-corrected chi connectivity index (χ4v) is 3.79. The van der Waals surface area contributed by atoms with Gasteiger partial charge in [0.2, 0.25) is 9.84 Å². The van der Waals surface area contributed by atoms with Gasteiger partial charge in [-0.1, -0.05) is 0 Å². The van der Waals surface area contributed by atoms with Crippen LogP contribution in [0.2, 0.25) is 0 Å². The second-order valence-corrected chi connectivity index (χ2v) is 7.26. The van der Waals surface area contributed by atoms with Crippen molar-refractivity contribution in [1.29, 1.82) is 0 Å². The molecule has 2 aromatic carbocycles. The van der Waals surface area contributed by atoms with Gasteiger partial charge >= 0.3 is 12.4 Å². The van der Waals surface area contributed by atoms with E-state index >= 15 is 0 Å². The fraction of sp³-hybridized carbons (Fsp3) is 0.143. The highest BCUT2D eigenvalue weighted by Gasteiger charge is 2.39. The molecule has 0 aliphatic rings. The molecule has 0 atom stereocenters. The van der Waals surface area contributed by atoms with Gasteiger partial charge in [-0.3, -0.25) is 20.2 Å². The van der Waals surface area contributed by atoms with Crippen LogP contribution in [0, 0.1) is 20.2 Å². The van der Waals surface area contributed by atoms with E-state index in [-0.39, 0.29) is 36.4 Å². The van der Waals surface area contributed by atoms with Gasteiger partial charge in [0.05, 0.1) is 21.0 Å². The first-order valence-electron chi connectivity index (χ1n) is 7.03. The zero-order chi connectivity index (χ0) is 22.4. The van der Waals surface area contributed by atoms with Crippen LogP contribution >= 0.6 is 0 Å². The van der Waals surface area contributed by atoms with Crippen molar-refractivity contribution in [2.75, 3.05) is 0 Å². The van der Waals surface area contributed by atoms with Crippen molar-refractivity contribution >= 4 is 21.2 Å². The Labute approximate surface area is 156 Å².